The lowest BCUT2D eigenvalue weighted by Crippen LogP contribution is -2.47. The molecule has 0 aromatic rings. The van der Waals surface area contributed by atoms with Crippen LogP contribution in [-0.2, 0) is 0 Å². The van der Waals surface area contributed by atoms with Crippen LogP contribution in [0.5, 0.6) is 0 Å². The fraction of sp³-hybridized carbons (Fsp3) is 1.00. The predicted octanol–water partition coefficient (Wildman–Crippen LogP) is 1.92. The number of nitrogens with two attached hydrogens (primary N) is 1. The molecule has 1 saturated heterocycles. The van der Waals surface area contributed by atoms with Crippen LogP contribution >= 0.6 is 0 Å². The molecule has 0 amide bonds. The maximum Gasteiger partial charge on any atom is 0.0113 e. The Morgan fingerprint density at radius 1 is 1.11 bits per heavy atom. The van der Waals surface area contributed by atoms with Crippen molar-refractivity contribution in [1.29, 1.82) is 0 Å². The standard InChI is InChI=1S/C15H31N3/c1-2-14(7-8-16)4-3-9-17-10-12-18(13-11-17)15-5-6-15/h14-15H,2-13,16H2,1H3. The zero-order chi connectivity index (χ0) is 12.8. The molecular formula is C15H31N3. The largest absolute Gasteiger partial charge is 0.330 e. The molecule has 1 heterocycles. The van der Waals surface area contributed by atoms with E-state index in [-0.39, 0.29) is 0 Å². The van der Waals surface area contributed by atoms with Gasteiger partial charge in [-0.1, -0.05) is 13.3 Å². The van der Waals surface area contributed by atoms with Crippen molar-refractivity contribution >= 4 is 0 Å². The maximum absolute atomic E-state index is 5.65. The third-order valence-corrected chi connectivity index (χ3v) is 4.71. The fourth-order valence-electron chi connectivity index (χ4n) is 3.18. The van der Waals surface area contributed by atoms with Crippen molar-refractivity contribution in [1.82, 2.24) is 9.80 Å². The summed E-state index contributed by atoms with van der Waals surface area (Å²) in [7, 11) is 0. The first kappa shape index (κ1) is 14.3. The van der Waals surface area contributed by atoms with E-state index in [0.29, 0.717) is 0 Å². The van der Waals surface area contributed by atoms with Gasteiger partial charge in [0.05, 0.1) is 0 Å². The normalized spacial score (nSPS) is 24.3. The Morgan fingerprint density at radius 2 is 1.83 bits per heavy atom. The van der Waals surface area contributed by atoms with Crippen molar-refractivity contribution in [3.63, 3.8) is 0 Å². The molecule has 0 aromatic heterocycles. The van der Waals surface area contributed by atoms with Crippen LogP contribution in [0.2, 0.25) is 0 Å². The molecule has 1 atom stereocenters. The Balaban J connectivity index is 1.54. The number of hydrogen-bond acceptors (Lipinski definition) is 3. The van der Waals surface area contributed by atoms with Crippen molar-refractivity contribution in [3.05, 3.63) is 0 Å². The van der Waals surface area contributed by atoms with Crippen LogP contribution in [-0.4, -0.2) is 55.1 Å². The summed E-state index contributed by atoms with van der Waals surface area (Å²) >= 11 is 0. The molecule has 2 fully saturated rings. The average Bonchev–Trinajstić information content (AvgIpc) is 3.23. The van der Waals surface area contributed by atoms with Gasteiger partial charge < -0.3 is 10.6 Å². The Kier molecular flexibility index (Phi) is 5.93. The van der Waals surface area contributed by atoms with Gasteiger partial charge in [-0.15, -0.1) is 0 Å². The molecule has 3 nitrogen and oxygen atoms in total. The van der Waals surface area contributed by atoms with Crippen LogP contribution in [0, 0.1) is 5.92 Å². The Labute approximate surface area is 113 Å². The number of hydrogen-bond donors (Lipinski definition) is 1. The van der Waals surface area contributed by atoms with Crippen molar-refractivity contribution < 1.29 is 0 Å². The van der Waals surface area contributed by atoms with Crippen molar-refractivity contribution in [2.45, 2.75) is 51.5 Å². The number of piperazine rings is 1. The zero-order valence-electron chi connectivity index (χ0n) is 12.1. The SMILES string of the molecule is CCC(CCN)CCCN1CCN(C2CC2)CC1. The van der Waals surface area contributed by atoms with E-state index in [1.807, 2.05) is 0 Å². The molecular weight excluding hydrogens is 222 g/mol. The van der Waals surface area contributed by atoms with Gasteiger partial charge >= 0.3 is 0 Å². The average molecular weight is 253 g/mol. The Bertz CT molecular complexity index is 220. The highest BCUT2D eigenvalue weighted by Gasteiger charge is 2.30. The van der Waals surface area contributed by atoms with Crippen molar-refractivity contribution in [2.75, 3.05) is 39.3 Å². The quantitative estimate of drug-likeness (QED) is 0.717. The van der Waals surface area contributed by atoms with Crippen LogP contribution in [0.3, 0.4) is 0 Å². The summed E-state index contributed by atoms with van der Waals surface area (Å²) in [4.78, 5) is 5.35. The summed E-state index contributed by atoms with van der Waals surface area (Å²) in [5.74, 6) is 0.864. The third kappa shape index (κ3) is 4.52. The van der Waals surface area contributed by atoms with E-state index in [0.717, 1.165) is 18.5 Å². The van der Waals surface area contributed by atoms with Crippen LogP contribution in [0.4, 0.5) is 0 Å². The second-order valence-corrected chi connectivity index (χ2v) is 6.10. The van der Waals surface area contributed by atoms with Gasteiger partial charge in [-0.2, -0.15) is 0 Å². The predicted molar refractivity (Wildman–Crippen MR) is 77.7 cm³/mol. The first-order valence-electron chi connectivity index (χ1n) is 8.00. The van der Waals surface area contributed by atoms with Gasteiger partial charge in [-0.3, -0.25) is 4.90 Å². The minimum absolute atomic E-state index is 0.860. The van der Waals surface area contributed by atoms with Crippen molar-refractivity contribution in [2.24, 2.45) is 11.7 Å². The molecule has 0 bridgehead atoms. The van der Waals surface area contributed by atoms with E-state index in [1.54, 1.807) is 0 Å². The Morgan fingerprint density at radius 3 is 2.39 bits per heavy atom. The molecule has 2 N–H and O–H groups in total. The van der Waals surface area contributed by atoms with E-state index >= 15 is 0 Å². The summed E-state index contributed by atoms with van der Waals surface area (Å²) in [6.45, 7) is 9.68. The number of nitrogens with zero attached hydrogens (tertiary/aromatic N) is 2. The molecule has 106 valence electrons. The van der Waals surface area contributed by atoms with Gasteiger partial charge in [-0.25, -0.2) is 0 Å². The molecule has 0 radical (unpaired) electrons. The molecule has 3 heteroatoms. The molecule has 2 aliphatic rings. The van der Waals surface area contributed by atoms with Gasteiger partial charge in [0.25, 0.3) is 0 Å². The molecule has 1 aliphatic carbocycles. The van der Waals surface area contributed by atoms with Gasteiger partial charge in [0, 0.05) is 32.2 Å². The number of rotatable bonds is 8. The first-order chi connectivity index (χ1) is 8.83. The summed E-state index contributed by atoms with van der Waals surface area (Å²) in [5, 5.41) is 0. The molecule has 0 aromatic carbocycles. The summed E-state index contributed by atoms with van der Waals surface area (Å²) in [6.07, 6.45) is 8.16. The minimum Gasteiger partial charge on any atom is -0.330 e. The van der Waals surface area contributed by atoms with Gasteiger partial charge in [0.2, 0.25) is 0 Å². The van der Waals surface area contributed by atoms with E-state index in [9.17, 15) is 0 Å². The van der Waals surface area contributed by atoms with E-state index in [1.165, 1.54) is 71.2 Å². The van der Waals surface area contributed by atoms with Gasteiger partial charge in [-0.05, 0) is 51.1 Å². The highest BCUT2D eigenvalue weighted by atomic mass is 15.3. The van der Waals surface area contributed by atoms with Crippen LogP contribution in [0.15, 0.2) is 0 Å². The zero-order valence-corrected chi connectivity index (χ0v) is 12.1. The van der Waals surface area contributed by atoms with Gasteiger partial charge in [0.15, 0.2) is 0 Å². The molecule has 1 unspecified atom stereocenters. The van der Waals surface area contributed by atoms with Crippen LogP contribution in [0.25, 0.3) is 0 Å². The second kappa shape index (κ2) is 7.46. The minimum atomic E-state index is 0.860. The van der Waals surface area contributed by atoms with E-state index in [4.69, 9.17) is 5.73 Å². The lowest BCUT2D eigenvalue weighted by Gasteiger charge is -2.35. The smallest absolute Gasteiger partial charge is 0.0113 e. The van der Waals surface area contributed by atoms with Crippen LogP contribution < -0.4 is 5.73 Å². The molecule has 1 saturated carbocycles. The molecule has 1 aliphatic heterocycles. The lowest BCUT2D eigenvalue weighted by atomic mass is 9.96. The highest BCUT2D eigenvalue weighted by molar-refractivity contribution is 4.87. The molecule has 18 heavy (non-hydrogen) atoms. The lowest BCUT2D eigenvalue weighted by molar-refractivity contribution is 0.123. The van der Waals surface area contributed by atoms with Crippen LogP contribution in [0.1, 0.15) is 45.4 Å². The van der Waals surface area contributed by atoms with Gasteiger partial charge in [0.1, 0.15) is 0 Å². The summed E-state index contributed by atoms with van der Waals surface area (Å²) in [5.41, 5.74) is 5.65. The maximum atomic E-state index is 5.65. The monoisotopic (exact) mass is 253 g/mol. The van der Waals surface area contributed by atoms with E-state index < -0.39 is 0 Å². The fourth-order valence-corrected chi connectivity index (χ4v) is 3.18. The van der Waals surface area contributed by atoms with Crippen molar-refractivity contribution in [3.8, 4) is 0 Å². The third-order valence-electron chi connectivity index (χ3n) is 4.71. The van der Waals surface area contributed by atoms with E-state index in [2.05, 4.69) is 16.7 Å². The summed E-state index contributed by atoms with van der Waals surface area (Å²) in [6, 6.07) is 0.959. The summed E-state index contributed by atoms with van der Waals surface area (Å²) < 4.78 is 0. The molecule has 2 rings (SSSR count). The Hall–Kier alpha value is -0.120. The second-order valence-electron chi connectivity index (χ2n) is 6.10. The highest BCUT2D eigenvalue weighted by Crippen LogP contribution is 2.27. The first-order valence-corrected chi connectivity index (χ1v) is 8.00. The molecule has 0 spiro atoms. The topological polar surface area (TPSA) is 32.5 Å².